The van der Waals surface area contributed by atoms with Gasteiger partial charge in [0.25, 0.3) is 0 Å². The van der Waals surface area contributed by atoms with Crippen molar-refractivity contribution in [1.82, 2.24) is 4.90 Å². The number of benzene rings is 2. The summed E-state index contributed by atoms with van der Waals surface area (Å²) in [6.45, 7) is 0.823. The number of nitrogens with zero attached hydrogens (tertiary/aromatic N) is 1. The number of carbonyl (C=O) groups excluding carboxylic acids is 2. The van der Waals surface area contributed by atoms with Crippen LogP contribution in [0.1, 0.15) is 12.0 Å². The molecule has 0 bridgehead atoms. The number of amides is 2. The number of halogens is 3. The lowest BCUT2D eigenvalue weighted by Gasteiger charge is -2.17. The fourth-order valence-corrected chi connectivity index (χ4v) is 3.22. The Morgan fingerprint density at radius 2 is 1.84 bits per heavy atom. The Labute approximate surface area is 160 Å². The lowest BCUT2D eigenvalue weighted by Crippen LogP contribution is -2.28. The first-order chi connectivity index (χ1) is 11.9. The summed E-state index contributed by atoms with van der Waals surface area (Å²) in [4.78, 5) is 26.3. The van der Waals surface area contributed by atoms with Gasteiger partial charge in [0.2, 0.25) is 11.8 Å². The number of nitrogens with one attached hydrogen (secondary N) is 1. The van der Waals surface area contributed by atoms with Crippen LogP contribution in [-0.2, 0) is 16.1 Å². The smallest absolute Gasteiger partial charge is 0.229 e. The molecule has 0 spiro atoms. The monoisotopic (exact) mass is 396 g/mol. The van der Waals surface area contributed by atoms with Crippen LogP contribution in [0.4, 0.5) is 5.69 Å². The third-order valence-electron chi connectivity index (χ3n) is 4.08. The van der Waals surface area contributed by atoms with Crippen LogP contribution in [0.3, 0.4) is 0 Å². The van der Waals surface area contributed by atoms with Gasteiger partial charge in [-0.2, -0.15) is 0 Å². The van der Waals surface area contributed by atoms with E-state index in [1.807, 2.05) is 12.1 Å². The number of hydrogen-bond donors (Lipinski definition) is 1. The van der Waals surface area contributed by atoms with E-state index in [0.29, 0.717) is 33.8 Å². The topological polar surface area (TPSA) is 49.4 Å². The van der Waals surface area contributed by atoms with Crippen molar-refractivity contribution in [2.24, 2.45) is 5.92 Å². The Morgan fingerprint density at radius 3 is 2.56 bits per heavy atom. The summed E-state index contributed by atoms with van der Waals surface area (Å²) in [5.74, 6) is -0.710. The van der Waals surface area contributed by atoms with Gasteiger partial charge in [0, 0.05) is 24.5 Å². The minimum absolute atomic E-state index is 0.0488. The first kappa shape index (κ1) is 18.1. The van der Waals surface area contributed by atoms with E-state index in [4.69, 9.17) is 34.8 Å². The van der Waals surface area contributed by atoms with Gasteiger partial charge in [-0.25, -0.2) is 0 Å². The van der Waals surface area contributed by atoms with Crippen molar-refractivity contribution in [2.45, 2.75) is 13.0 Å². The molecule has 0 radical (unpaired) electrons. The number of hydrogen-bond acceptors (Lipinski definition) is 2. The van der Waals surface area contributed by atoms with Crippen LogP contribution in [0.2, 0.25) is 15.1 Å². The normalized spacial score (nSPS) is 17.0. The Morgan fingerprint density at radius 1 is 1.12 bits per heavy atom. The molecular formula is C18H15Cl3N2O2. The van der Waals surface area contributed by atoms with Gasteiger partial charge in [0.05, 0.1) is 21.7 Å². The molecule has 2 aromatic carbocycles. The summed E-state index contributed by atoms with van der Waals surface area (Å²) in [6.07, 6.45) is 0.178. The Bertz CT molecular complexity index is 808. The molecule has 0 aliphatic carbocycles. The van der Waals surface area contributed by atoms with Crippen molar-refractivity contribution < 1.29 is 9.59 Å². The molecule has 4 nitrogen and oxygen atoms in total. The van der Waals surface area contributed by atoms with Gasteiger partial charge in [0.15, 0.2) is 0 Å². The molecule has 130 valence electrons. The largest absolute Gasteiger partial charge is 0.338 e. The second-order valence-corrected chi connectivity index (χ2v) is 7.11. The summed E-state index contributed by atoms with van der Waals surface area (Å²) in [5, 5.41) is 4.06. The minimum atomic E-state index is -0.421. The molecule has 1 N–H and O–H groups in total. The molecule has 2 aromatic rings. The summed E-state index contributed by atoms with van der Waals surface area (Å²) >= 11 is 17.9. The highest BCUT2D eigenvalue weighted by atomic mass is 35.5. The molecule has 1 aliphatic heterocycles. The van der Waals surface area contributed by atoms with Crippen molar-refractivity contribution in [3.8, 4) is 0 Å². The third kappa shape index (κ3) is 4.27. The van der Waals surface area contributed by atoms with E-state index in [9.17, 15) is 9.59 Å². The lowest BCUT2D eigenvalue weighted by molar-refractivity contribution is -0.128. The molecule has 7 heteroatoms. The third-order valence-corrected chi connectivity index (χ3v) is 5.15. The van der Waals surface area contributed by atoms with Gasteiger partial charge >= 0.3 is 0 Å². The van der Waals surface area contributed by atoms with Crippen molar-refractivity contribution >= 4 is 52.3 Å². The molecule has 1 heterocycles. The predicted molar refractivity (Wildman–Crippen MR) is 100 cm³/mol. The Balaban J connectivity index is 1.64. The molecule has 0 saturated carbocycles. The number of anilines is 1. The van der Waals surface area contributed by atoms with Crippen molar-refractivity contribution in [2.75, 3.05) is 11.9 Å². The average molecular weight is 398 g/mol. The van der Waals surface area contributed by atoms with Gasteiger partial charge in [0.1, 0.15) is 0 Å². The zero-order valence-electron chi connectivity index (χ0n) is 13.1. The van der Waals surface area contributed by atoms with Crippen molar-refractivity contribution in [3.05, 3.63) is 63.1 Å². The van der Waals surface area contributed by atoms with Gasteiger partial charge in [-0.3, -0.25) is 9.59 Å². The summed E-state index contributed by atoms with van der Waals surface area (Å²) in [6, 6.07) is 12.3. The summed E-state index contributed by atoms with van der Waals surface area (Å²) < 4.78 is 0. The molecular weight excluding hydrogens is 383 g/mol. The summed E-state index contributed by atoms with van der Waals surface area (Å²) in [7, 11) is 0. The SMILES string of the molecule is O=C(Nc1cccc(Cl)c1Cl)C1CC(=O)N(Cc2ccc(Cl)cc2)C1. The van der Waals surface area contributed by atoms with Crippen LogP contribution in [0.5, 0.6) is 0 Å². The maximum atomic E-state index is 12.5. The van der Waals surface area contributed by atoms with E-state index in [1.54, 1.807) is 35.2 Å². The quantitative estimate of drug-likeness (QED) is 0.817. The molecule has 1 unspecified atom stereocenters. The van der Waals surface area contributed by atoms with Crippen LogP contribution in [0.25, 0.3) is 0 Å². The lowest BCUT2D eigenvalue weighted by atomic mass is 10.1. The highest BCUT2D eigenvalue weighted by Crippen LogP contribution is 2.30. The van der Waals surface area contributed by atoms with E-state index in [0.717, 1.165) is 5.56 Å². The second-order valence-electron chi connectivity index (χ2n) is 5.89. The van der Waals surface area contributed by atoms with Gasteiger partial charge in [-0.15, -0.1) is 0 Å². The molecule has 1 aliphatic rings. The van der Waals surface area contributed by atoms with Crippen LogP contribution in [0.15, 0.2) is 42.5 Å². The zero-order chi connectivity index (χ0) is 18.0. The van der Waals surface area contributed by atoms with E-state index < -0.39 is 5.92 Å². The fourth-order valence-electron chi connectivity index (χ4n) is 2.75. The molecule has 1 atom stereocenters. The fraction of sp³-hybridized carbons (Fsp3) is 0.222. The van der Waals surface area contributed by atoms with E-state index in [-0.39, 0.29) is 18.2 Å². The number of likely N-dealkylation sites (tertiary alicyclic amines) is 1. The van der Waals surface area contributed by atoms with Crippen LogP contribution < -0.4 is 5.32 Å². The van der Waals surface area contributed by atoms with Crippen molar-refractivity contribution in [3.63, 3.8) is 0 Å². The predicted octanol–water partition coefficient (Wildman–Crippen LogP) is 4.63. The number of carbonyl (C=O) groups is 2. The highest BCUT2D eigenvalue weighted by molar-refractivity contribution is 6.44. The van der Waals surface area contributed by atoms with Gasteiger partial charge in [-0.1, -0.05) is 53.0 Å². The Hall–Kier alpha value is -1.75. The average Bonchev–Trinajstić information content (AvgIpc) is 2.95. The Kier molecular flexibility index (Phi) is 5.52. The van der Waals surface area contributed by atoms with Gasteiger partial charge < -0.3 is 10.2 Å². The van der Waals surface area contributed by atoms with Crippen LogP contribution in [-0.4, -0.2) is 23.3 Å². The highest BCUT2D eigenvalue weighted by Gasteiger charge is 2.34. The summed E-state index contributed by atoms with van der Waals surface area (Å²) in [5.41, 5.74) is 1.42. The van der Waals surface area contributed by atoms with Gasteiger partial charge in [-0.05, 0) is 29.8 Å². The van der Waals surface area contributed by atoms with E-state index >= 15 is 0 Å². The molecule has 0 aromatic heterocycles. The first-order valence-corrected chi connectivity index (χ1v) is 8.84. The molecule has 2 amide bonds. The van der Waals surface area contributed by atoms with E-state index in [2.05, 4.69) is 5.32 Å². The van der Waals surface area contributed by atoms with Crippen LogP contribution in [0, 0.1) is 5.92 Å². The maximum Gasteiger partial charge on any atom is 0.229 e. The number of rotatable bonds is 4. The molecule has 25 heavy (non-hydrogen) atoms. The molecule has 1 saturated heterocycles. The van der Waals surface area contributed by atoms with Crippen molar-refractivity contribution in [1.29, 1.82) is 0 Å². The van der Waals surface area contributed by atoms with E-state index in [1.165, 1.54) is 0 Å². The standard InChI is InChI=1S/C18H15Cl3N2O2/c19-13-6-4-11(5-7-13)9-23-10-12(8-16(23)24)18(25)22-15-3-1-2-14(20)17(15)21/h1-7,12H,8-10H2,(H,22,25). The maximum absolute atomic E-state index is 12.5. The first-order valence-electron chi connectivity index (χ1n) is 7.71. The minimum Gasteiger partial charge on any atom is -0.338 e. The molecule has 3 rings (SSSR count). The second kappa shape index (κ2) is 7.65. The van der Waals surface area contributed by atoms with Crippen LogP contribution >= 0.6 is 34.8 Å². The molecule has 1 fully saturated rings. The zero-order valence-corrected chi connectivity index (χ0v) is 15.4.